The van der Waals surface area contributed by atoms with E-state index < -0.39 is 12.1 Å². The number of esters is 1. The van der Waals surface area contributed by atoms with E-state index in [9.17, 15) is 9.59 Å². The van der Waals surface area contributed by atoms with Crippen LogP contribution in [-0.4, -0.2) is 29.4 Å². The number of rotatable bonds is 5. The second-order valence-electron chi connectivity index (χ2n) is 5.57. The molecular formula is C19H16ClN3O4. The molecule has 0 bridgehead atoms. The molecule has 0 saturated heterocycles. The van der Waals surface area contributed by atoms with Crippen molar-refractivity contribution in [3.05, 3.63) is 70.5 Å². The summed E-state index contributed by atoms with van der Waals surface area (Å²) in [4.78, 5) is 24.1. The van der Waals surface area contributed by atoms with Crippen LogP contribution in [0.3, 0.4) is 0 Å². The molecule has 0 fully saturated rings. The van der Waals surface area contributed by atoms with Crippen molar-refractivity contribution in [3.63, 3.8) is 0 Å². The van der Waals surface area contributed by atoms with Gasteiger partial charge in [0.1, 0.15) is 12.3 Å². The zero-order chi connectivity index (χ0) is 19.2. The van der Waals surface area contributed by atoms with Gasteiger partial charge in [-0.25, -0.2) is 9.59 Å². The van der Waals surface area contributed by atoms with E-state index in [4.69, 9.17) is 21.1 Å². The van der Waals surface area contributed by atoms with Crippen LogP contribution >= 0.6 is 11.6 Å². The summed E-state index contributed by atoms with van der Waals surface area (Å²) < 4.78 is 9.85. The molecular weight excluding hydrogens is 370 g/mol. The fraction of sp³-hybridized carbons (Fsp3) is 0.105. The molecule has 8 heteroatoms. The Balaban J connectivity index is 1.77. The van der Waals surface area contributed by atoms with E-state index >= 15 is 0 Å². The number of nitrogens with zero attached hydrogens (tertiary/aromatic N) is 1. The third-order valence-electron chi connectivity index (χ3n) is 3.69. The Morgan fingerprint density at radius 2 is 2.04 bits per heavy atom. The van der Waals surface area contributed by atoms with Gasteiger partial charge in [-0.2, -0.15) is 5.10 Å². The molecule has 0 unspecified atom stereocenters. The fourth-order valence-corrected chi connectivity index (χ4v) is 2.69. The van der Waals surface area contributed by atoms with Crippen molar-refractivity contribution >= 4 is 40.6 Å². The van der Waals surface area contributed by atoms with Gasteiger partial charge in [0.15, 0.2) is 0 Å². The molecule has 2 N–H and O–H groups in total. The van der Waals surface area contributed by atoms with Gasteiger partial charge < -0.3 is 9.47 Å². The summed E-state index contributed by atoms with van der Waals surface area (Å²) in [5.74, 6) is -0.713. The summed E-state index contributed by atoms with van der Waals surface area (Å²) in [5.41, 5.74) is 2.03. The van der Waals surface area contributed by atoms with Gasteiger partial charge in [0, 0.05) is 5.39 Å². The van der Waals surface area contributed by atoms with E-state index in [1.807, 2.05) is 30.3 Å². The van der Waals surface area contributed by atoms with Crippen molar-refractivity contribution < 1.29 is 19.1 Å². The van der Waals surface area contributed by atoms with Crippen LogP contribution in [-0.2, 0) is 20.9 Å². The molecule has 0 aliphatic rings. The van der Waals surface area contributed by atoms with Crippen LogP contribution < -0.4 is 5.32 Å². The quantitative estimate of drug-likeness (QED) is 0.516. The summed E-state index contributed by atoms with van der Waals surface area (Å²) in [6.07, 6.45) is 2.29. The predicted molar refractivity (Wildman–Crippen MR) is 101 cm³/mol. The average molecular weight is 386 g/mol. The van der Waals surface area contributed by atoms with E-state index in [1.54, 1.807) is 18.3 Å². The number of benzene rings is 2. The number of carbonyl (C=O) groups excluding carboxylic acids is 2. The van der Waals surface area contributed by atoms with Crippen LogP contribution in [0.4, 0.5) is 4.79 Å². The van der Waals surface area contributed by atoms with Crippen molar-refractivity contribution in [2.45, 2.75) is 6.61 Å². The number of fused-ring (bicyclic) bond motifs is 1. The molecule has 0 radical (unpaired) electrons. The molecule has 1 aromatic heterocycles. The highest BCUT2D eigenvalue weighted by Crippen LogP contribution is 2.24. The number of nitrogens with one attached hydrogen (secondary N) is 2. The van der Waals surface area contributed by atoms with E-state index in [-0.39, 0.29) is 12.3 Å². The molecule has 27 heavy (non-hydrogen) atoms. The van der Waals surface area contributed by atoms with E-state index in [0.717, 1.165) is 10.9 Å². The number of carbonyl (C=O) groups is 2. The molecule has 3 aromatic rings. The predicted octanol–water partition coefficient (Wildman–Crippen LogP) is 3.66. The summed E-state index contributed by atoms with van der Waals surface area (Å²) in [5, 5.41) is 10.3. The lowest BCUT2D eigenvalue weighted by molar-refractivity contribution is -0.136. The zero-order valence-corrected chi connectivity index (χ0v) is 15.1. The third kappa shape index (κ3) is 4.65. The lowest BCUT2D eigenvalue weighted by Gasteiger charge is -2.09. The first-order chi connectivity index (χ1) is 13.1. The SMILES string of the molecule is COC(=O)C(=Cc1cc(Cl)c2[nH]ncc2c1)NC(=O)OCc1ccccc1. The minimum absolute atomic E-state index is 0.0746. The zero-order valence-electron chi connectivity index (χ0n) is 14.4. The number of amides is 1. The van der Waals surface area contributed by atoms with Crippen molar-refractivity contribution in [2.24, 2.45) is 0 Å². The Bertz CT molecular complexity index is 999. The minimum atomic E-state index is -0.772. The van der Waals surface area contributed by atoms with Gasteiger partial charge in [0.2, 0.25) is 0 Å². The Morgan fingerprint density at radius 3 is 2.78 bits per heavy atom. The number of halogens is 1. The smallest absolute Gasteiger partial charge is 0.412 e. The summed E-state index contributed by atoms with van der Waals surface area (Å²) >= 11 is 6.20. The molecule has 7 nitrogen and oxygen atoms in total. The number of aromatic nitrogens is 2. The van der Waals surface area contributed by atoms with Gasteiger partial charge in [0.25, 0.3) is 0 Å². The standard InChI is InChI=1S/C19H16ClN3O4/c1-26-18(24)16(22-19(25)27-11-12-5-3-2-4-6-12)9-13-7-14-10-21-23-17(14)15(20)8-13/h2-10H,11H2,1H3,(H,21,23)(H,22,25). The van der Waals surface area contributed by atoms with Gasteiger partial charge >= 0.3 is 12.1 Å². The number of methoxy groups -OCH3 is 1. The van der Waals surface area contributed by atoms with Crippen LogP contribution in [0.5, 0.6) is 0 Å². The Kier molecular flexibility index (Phi) is 5.73. The van der Waals surface area contributed by atoms with Crippen LogP contribution in [0.1, 0.15) is 11.1 Å². The van der Waals surface area contributed by atoms with Gasteiger partial charge in [-0.15, -0.1) is 0 Å². The topological polar surface area (TPSA) is 93.3 Å². The molecule has 0 spiro atoms. The average Bonchev–Trinajstić information content (AvgIpc) is 3.15. The molecule has 0 saturated carbocycles. The first-order valence-electron chi connectivity index (χ1n) is 7.97. The van der Waals surface area contributed by atoms with Gasteiger partial charge in [-0.05, 0) is 29.3 Å². The third-order valence-corrected chi connectivity index (χ3v) is 3.99. The number of ether oxygens (including phenoxy) is 2. The maximum absolute atomic E-state index is 12.1. The Labute approximate surface area is 159 Å². The Morgan fingerprint density at radius 1 is 1.26 bits per heavy atom. The highest BCUT2D eigenvalue weighted by atomic mass is 35.5. The molecule has 2 aromatic carbocycles. The summed E-state index contributed by atoms with van der Waals surface area (Å²) in [6, 6.07) is 12.6. The summed E-state index contributed by atoms with van der Waals surface area (Å²) in [7, 11) is 1.22. The molecule has 3 rings (SSSR count). The van der Waals surface area contributed by atoms with Gasteiger partial charge in [-0.3, -0.25) is 10.4 Å². The number of hydrogen-bond acceptors (Lipinski definition) is 5. The number of H-pyrrole nitrogens is 1. The molecule has 138 valence electrons. The van der Waals surface area contributed by atoms with Crippen molar-refractivity contribution in [3.8, 4) is 0 Å². The van der Waals surface area contributed by atoms with Gasteiger partial charge in [0.05, 0.1) is 23.8 Å². The second-order valence-corrected chi connectivity index (χ2v) is 5.98. The molecule has 0 atom stereocenters. The normalized spacial score (nSPS) is 11.3. The fourth-order valence-electron chi connectivity index (χ4n) is 2.41. The van der Waals surface area contributed by atoms with Crippen LogP contribution in [0, 0.1) is 0 Å². The minimum Gasteiger partial charge on any atom is -0.464 e. The first kappa shape index (κ1) is 18.5. The lowest BCUT2D eigenvalue weighted by Crippen LogP contribution is -2.28. The van der Waals surface area contributed by atoms with Crippen LogP contribution in [0.25, 0.3) is 17.0 Å². The molecule has 1 amide bonds. The Hall–Kier alpha value is -3.32. The van der Waals surface area contributed by atoms with Crippen molar-refractivity contribution in [1.29, 1.82) is 0 Å². The molecule has 0 aliphatic carbocycles. The van der Waals surface area contributed by atoms with E-state index in [0.29, 0.717) is 16.1 Å². The highest BCUT2D eigenvalue weighted by Gasteiger charge is 2.15. The lowest BCUT2D eigenvalue weighted by atomic mass is 10.1. The van der Waals surface area contributed by atoms with Crippen LogP contribution in [0.2, 0.25) is 5.02 Å². The first-order valence-corrected chi connectivity index (χ1v) is 8.35. The second kappa shape index (κ2) is 8.37. The molecule has 0 aliphatic heterocycles. The maximum Gasteiger partial charge on any atom is 0.412 e. The largest absolute Gasteiger partial charge is 0.464 e. The number of alkyl carbamates (subject to hydrolysis) is 1. The highest BCUT2D eigenvalue weighted by molar-refractivity contribution is 6.35. The van der Waals surface area contributed by atoms with Crippen molar-refractivity contribution in [2.75, 3.05) is 7.11 Å². The summed E-state index contributed by atoms with van der Waals surface area (Å²) in [6.45, 7) is 0.0773. The van der Waals surface area contributed by atoms with Crippen LogP contribution in [0.15, 0.2) is 54.4 Å². The maximum atomic E-state index is 12.1. The number of hydrogen-bond donors (Lipinski definition) is 2. The molecule has 1 heterocycles. The monoisotopic (exact) mass is 385 g/mol. The number of aromatic amines is 1. The van der Waals surface area contributed by atoms with Gasteiger partial charge in [-0.1, -0.05) is 41.9 Å². The van der Waals surface area contributed by atoms with E-state index in [2.05, 4.69) is 15.5 Å². The van der Waals surface area contributed by atoms with E-state index in [1.165, 1.54) is 13.2 Å². The van der Waals surface area contributed by atoms with Crippen molar-refractivity contribution in [1.82, 2.24) is 15.5 Å².